The van der Waals surface area contributed by atoms with E-state index < -0.39 is 0 Å². The summed E-state index contributed by atoms with van der Waals surface area (Å²) in [4.78, 5) is 0. The Balaban J connectivity index is 2.06. The summed E-state index contributed by atoms with van der Waals surface area (Å²) in [6.45, 7) is 1.99. The number of nitrogens with one attached hydrogen (secondary N) is 1. The standard InChI is InChI=1S/C14H21NO2/c1-10(15-14(8-16)9-17)12-6-5-11-3-2-4-13(11)7-12/h5-7,10,14-17H,2-4,8-9H2,1H3. The summed E-state index contributed by atoms with van der Waals surface area (Å²) >= 11 is 0. The van der Waals surface area contributed by atoms with E-state index in [9.17, 15) is 0 Å². The van der Waals surface area contributed by atoms with E-state index in [-0.39, 0.29) is 25.3 Å². The van der Waals surface area contributed by atoms with Crippen LogP contribution < -0.4 is 5.32 Å². The third-order valence-electron chi connectivity index (χ3n) is 3.55. The quantitative estimate of drug-likeness (QED) is 0.718. The molecule has 3 heteroatoms. The van der Waals surface area contributed by atoms with Gasteiger partial charge in [0.25, 0.3) is 0 Å². The zero-order valence-corrected chi connectivity index (χ0v) is 10.3. The van der Waals surface area contributed by atoms with Crippen molar-refractivity contribution in [1.29, 1.82) is 0 Å². The highest BCUT2D eigenvalue weighted by molar-refractivity contribution is 5.36. The first-order valence-corrected chi connectivity index (χ1v) is 6.34. The molecule has 0 saturated carbocycles. The summed E-state index contributed by atoms with van der Waals surface area (Å²) in [5.41, 5.74) is 4.17. The zero-order chi connectivity index (χ0) is 12.3. The molecule has 0 bridgehead atoms. The first-order valence-electron chi connectivity index (χ1n) is 6.34. The fourth-order valence-electron chi connectivity index (χ4n) is 2.47. The molecule has 1 aliphatic rings. The van der Waals surface area contributed by atoms with Gasteiger partial charge in [-0.15, -0.1) is 0 Å². The third-order valence-corrected chi connectivity index (χ3v) is 3.55. The van der Waals surface area contributed by atoms with Crippen LogP contribution in [-0.4, -0.2) is 29.5 Å². The molecule has 1 aromatic carbocycles. The van der Waals surface area contributed by atoms with Crippen molar-refractivity contribution in [3.8, 4) is 0 Å². The van der Waals surface area contributed by atoms with Crippen LogP contribution in [0.3, 0.4) is 0 Å². The topological polar surface area (TPSA) is 52.5 Å². The molecule has 1 aromatic rings. The lowest BCUT2D eigenvalue weighted by molar-refractivity contribution is 0.163. The smallest absolute Gasteiger partial charge is 0.0607 e. The number of aryl methyl sites for hydroxylation is 2. The van der Waals surface area contributed by atoms with Crippen molar-refractivity contribution in [2.75, 3.05) is 13.2 Å². The average Bonchev–Trinajstić information content (AvgIpc) is 2.82. The molecule has 1 unspecified atom stereocenters. The van der Waals surface area contributed by atoms with Gasteiger partial charge in [-0.3, -0.25) is 0 Å². The number of rotatable bonds is 5. The number of benzene rings is 1. The van der Waals surface area contributed by atoms with Gasteiger partial charge in [0.05, 0.1) is 19.3 Å². The second-order valence-corrected chi connectivity index (χ2v) is 4.83. The number of aliphatic hydroxyl groups excluding tert-OH is 2. The zero-order valence-electron chi connectivity index (χ0n) is 10.3. The van der Waals surface area contributed by atoms with Gasteiger partial charge in [-0.25, -0.2) is 0 Å². The van der Waals surface area contributed by atoms with E-state index >= 15 is 0 Å². The Morgan fingerprint density at radius 1 is 1.18 bits per heavy atom. The molecule has 2 rings (SSSR count). The molecule has 3 N–H and O–H groups in total. The van der Waals surface area contributed by atoms with Gasteiger partial charge >= 0.3 is 0 Å². The fourth-order valence-corrected chi connectivity index (χ4v) is 2.47. The van der Waals surface area contributed by atoms with E-state index in [2.05, 4.69) is 30.4 Å². The Kier molecular flexibility index (Phi) is 4.15. The predicted molar refractivity (Wildman–Crippen MR) is 68.0 cm³/mol. The molecule has 0 amide bonds. The maximum Gasteiger partial charge on any atom is 0.0607 e. The van der Waals surface area contributed by atoms with Crippen molar-refractivity contribution in [3.63, 3.8) is 0 Å². The lowest BCUT2D eigenvalue weighted by Gasteiger charge is -2.20. The first-order chi connectivity index (χ1) is 8.24. The summed E-state index contributed by atoms with van der Waals surface area (Å²) < 4.78 is 0. The van der Waals surface area contributed by atoms with Crippen molar-refractivity contribution in [2.24, 2.45) is 0 Å². The van der Waals surface area contributed by atoms with E-state index in [4.69, 9.17) is 10.2 Å². The van der Waals surface area contributed by atoms with Crippen molar-refractivity contribution in [3.05, 3.63) is 34.9 Å². The maximum absolute atomic E-state index is 9.05. The molecule has 0 spiro atoms. The number of fused-ring (bicyclic) bond motifs is 1. The van der Waals surface area contributed by atoms with Crippen LogP contribution in [0.4, 0.5) is 0 Å². The van der Waals surface area contributed by atoms with Gasteiger partial charge in [-0.05, 0) is 42.9 Å². The second kappa shape index (κ2) is 5.63. The average molecular weight is 235 g/mol. The SMILES string of the molecule is CC(NC(CO)CO)c1ccc2c(c1)CCC2. The minimum atomic E-state index is -0.238. The summed E-state index contributed by atoms with van der Waals surface area (Å²) in [7, 11) is 0. The Bertz CT molecular complexity index is 374. The highest BCUT2D eigenvalue weighted by atomic mass is 16.3. The molecule has 0 fully saturated rings. The van der Waals surface area contributed by atoms with Crippen molar-refractivity contribution in [1.82, 2.24) is 5.32 Å². The summed E-state index contributed by atoms with van der Waals surface area (Å²) in [6.07, 6.45) is 3.64. The van der Waals surface area contributed by atoms with Crippen LogP contribution >= 0.6 is 0 Å². The molecule has 0 saturated heterocycles. The van der Waals surface area contributed by atoms with Crippen LogP contribution in [0.25, 0.3) is 0 Å². The van der Waals surface area contributed by atoms with Crippen LogP contribution in [0.15, 0.2) is 18.2 Å². The van der Waals surface area contributed by atoms with E-state index in [1.165, 1.54) is 36.0 Å². The van der Waals surface area contributed by atoms with Crippen LogP contribution in [0.1, 0.15) is 36.1 Å². The molecule has 0 aliphatic heterocycles. The van der Waals surface area contributed by atoms with Crippen LogP contribution in [0, 0.1) is 0 Å². The minimum absolute atomic E-state index is 0.0359. The predicted octanol–water partition coefficient (Wildman–Crippen LogP) is 1.18. The van der Waals surface area contributed by atoms with Gasteiger partial charge in [-0.1, -0.05) is 18.2 Å². The van der Waals surface area contributed by atoms with Gasteiger partial charge in [0, 0.05) is 6.04 Å². The fraction of sp³-hybridized carbons (Fsp3) is 0.571. The lowest BCUT2D eigenvalue weighted by Crippen LogP contribution is -2.37. The van der Waals surface area contributed by atoms with E-state index in [1.54, 1.807) is 0 Å². The Hall–Kier alpha value is -0.900. The molecular formula is C14H21NO2. The number of aliphatic hydroxyl groups is 2. The van der Waals surface area contributed by atoms with Gasteiger partial charge in [0.1, 0.15) is 0 Å². The second-order valence-electron chi connectivity index (χ2n) is 4.83. The number of hydrogen-bond donors (Lipinski definition) is 3. The monoisotopic (exact) mass is 235 g/mol. The Labute approximate surface area is 102 Å². The van der Waals surface area contributed by atoms with Crippen LogP contribution in [0.2, 0.25) is 0 Å². The molecule has 1 atom stereocenters. The van der Waals surface area contributed by atoms with E-state index in [1.807, 2.05) is 0 Å². The van der Waals surface area contributed by atoms with Crippen LogP contribution in [-0.2, 0) is 12.8 Å². The molecule has 1 aliphatic carbocycles. The normalized spacial score (nSPS) is 16.2. The highest BCUT2D eigenvalue weighted by Crippen LogP contribution is 2.25. The summed E-state index contributed by atoms with van der Waals surface area (Å²) in [6, 6.07) is 6.53. The van der Waals surface area contributed by atoms with Gasteiger partial charge in [0.2, 0.25) is 0 Å². The maximum atomic E-state index is 9.05. The van der Waals surface area contributed by atoms with E-state index in [0.29, 0.717) is 0 Å². The molecule has 17 heavy (non-hydrogen) atoms. The van der Waals surface area contributed by atoms with Gasteiger partial charge < -0.3 is 15.5 Å². The molecule has 0 radical (unpaired) electrons. The summed E-state index contributed by atoms with van der Waals surface area (Å²) in [5, 5.41) is 21.3. The van der Waals surface area contributed by atoms with Gasteiger partial charge in [0.15, 0.2) is 0 Å². The minimum Gasteiger partial charge on any atom is -0.395 e. The van der Waals surface area contributed by atoms with Crippen molar-refractivity contribution >= 4 is 0 Å². The summed E-state index contributed by atoms with van der Waals surface area (Å²) in [5.74, 6) is 0. The molecular weight excluding hydrogens is 214 g/mol. The third kappa shape index (κ3) is 2.86. The molecule has 3 nitrogen and oxygen atoms in total. The van der Waals surface area contributed by atoms with Crippen molar-refractivity contribution in [2.45, 2.75) is 38.3 Å². The van der Waals surface area contributed by atoms with Crippen molar-refractivity contribution < 1.29 is 10.2 Å². The lowest BCUT2D eigenvalue weighted by atomic mass is 10.0. The highest BCUT2D eigenvalue weighted by Gasteiger charge is 2.15. The first kappa shape index (κ1) is 12.6. The van der Waals surface area contributed by atoms with E-state index in [0.717, 1.165) is 0 Å². The largest absolute Gasteiger partial charge is 0.395 e. The molecule has 0 aromatic heterocycles. The van der Waals surface area contributed by atoms with Gasteiger partial charge in [-0.2, -0.15) is 0 Å². The Morgan fingerprint density at radius 3 is 2.59 bits per heavy atom. The number of hydrogen-bond acceptors (Lipinski definition) is 3. The molecule has 0 heterocycles. The van der Waals surface area contributed by atoms with Crippen LogP contribution in [0.5, 0.6) is 0 Å². The molecule has 94 valence electrons. The Morgan fingerprint density at radius 2 is 1.88 bits per heavy atom.